The van der Waals surface area contributed by atoms with Crippen molar-refractivity contribution in [1.82, 2.24) is 0 Å². The Kier molecular flexibility index (Phi) is 11.3. The van der Waals surface area contributed by atoms with Crippen molar-refractivity contribution in [3.05, 3.63) is 11.6 Å². The number of carbonyl (C=O) groups excluding carboxylic acids is 1. The Morgan fingerprint density at radius 3 is 2.25 bits per heavy atom. The zero-order chi connectivity index (χ0) is 21.3. The first-order valence-electron chi connectivity index (χ1n) is 8.87. The molecule has 8 unspecified atom stereocenters. The molecule has 164 valence electrons. The molecule has 10 heteroatoms. The molecular weight excluding hydrogens is 376 g/mol. The third kappa shape index (κ3) is 6.02. The van der Waals surface area contributed by atoms with Crippen molar-refractivity contribution in [2.45, 2.75) is 50.0 Å². The van der Waals surface area contributed by atoms with Crippen molar-refractivity contribution < 1.29 is 48.5 Å². The second kappa shape index (κ2) is 12.6. The smallest absolute Gasteiger partial charge is 0.214 e. The van der Waals surface area contributed by atoms with Crippen LogP contribution in [-0.4, -0.2) is 106 Å². The van der Waals surface area contributed by atoms with Crippen LogP contribution in [0.2, 0.25) is 0 Å². The topological polar surface area (TPSA) is 133 Å². The Labute approximate surface area is 164 Å². The van der Waals surface area contributed by atoms with Gasteiger partial charge in [-0.25, -0.2) is 0 Å². The summed E-state index contributed by atoms with van der Waals surface area (Å²) in [7, 11) is 5.57. The third-order valence-corrected chi connectivity index (χ3v) is 4.78. The van der Waals surface area contributed by atoms with Crippen LogP contribution in [0.5, 0.6) is 0 Å². The number of ether oxygens (including phenoxy) is 6. The van der Waals surface area contributed by atoms with Gasteiger partial charge in [-0.3, -0.25) is 4.79 Å². The number of aliphatic hydroxyl groups is 3. The van der Waals surface area contributed by atoms with Crippen molar-refractivity contribution >= 4 is 6.29 Å². The number of rotatable bonds is 12. The molecule has 0 aromatic heterocycles. The van der Waals surface area contributed by atoms with Gasteiger partial charge in [-0.05, 0) is 6.92 Å². The fourth-order valence-corrected chi connectivity index (χ4v) is 3.33. The average Bonchev–Trinajstić information content (AvgIpc) is 2.72. The molecule has 0 radical (unpaired) electrons. The lowest BCUT2D eigenvalue weighted by molar-refractivity contribution is -0.281. The summed E-state index contributed by atoms with van der Waals surface area (Å²) in [6, 6.07) is 0. The van der Waals surface area contributed by atoms with Crippen LogP contribution >= 0.6 is 0 Å². The van der Waals surface area contributed by atoms with E-state index in [1.165, 1.54) is 28.4 Å². The molecule has 0 aliphatic carbocycles. The Morgan fingerprint density at radius 2 is 1.82 bits per heavy atom. The van der Waals surface area contributed by atoms with E-state index >= 15 is 0 Å². The van der Waals surface area contributed by atoms with Crippen LogP contribution in [-0.2, 0) is 33.2 Å². The average molecular weight is 408 g/mol. The summed E-state index contributed by atoms with van der Waals surface area (Å²) >= 11 is 0. The summed E-state index contributed by atoms with van der Waals surface area (Å²) in [4.78, 5) is 10.9. The minimum atomic E-state index is -1.15. The Morgan fingerprint density at radius 1 is 1.14 bits per heavy atom. The maximum atomic E-state index is 10.9. The highest BCUT2D eigenvalue weighted by molar-refractivity contribution is 5.53. The molecule has 0 bridgehead atoms. The van der Waals surface area contributed by atoms with E-state index < -0.39 is 55.6 Å². The van der Waals surface area contributed by atoms with Gasteiger partial charge >= 0.3 is 0 Å². The Balaban J connectivity index is 3.14. The molecular formula is C18H32O10. The highest BCUT2D eigenvalue weighted by atomic mass is 16.7. The van der Waals surface area contributed by atoms with Gasteiger partial charge in [0.2, 0.25) is 6.29 Å². The molecule has 0 saturated carbocycles. The largest absolute Gasteiger partial charge is 0.394 e. The van der Waals surface area contributed by atoms with E-state index in [2.05, 4.69) is 0 Å². The summed E-state index contributed by atoms with van der Waals surface area (Å²) in [5, 5.41) is 29.9. The molecule has 1 rings (SSSR count). The molecule has 3 N–H and O–H groups in total. The van der Waals surface area contributed by atoms with Crippen molar-refractivity contribution in [3.63, 3.8) is 0 Å². The van der Waals surface area contributed by atoms with Crippen LogP contribution in [0.15, 0.2) is 11.6 Å². The van der Waals surface area contributed by atoms with Crippen LogP contribution in [0.25, 0.3) is 0 Å². The predicted octanol–water partition coefficient (Wildman–Crippen LogP) is -1.15. The summed E-state index contributed by atoms with van der Waals surface area (Å²) < 4.78 is 31.8. The van der Waals surface area contributed by atoms with Gasteiger partial charge in [0.15, 0.2) is 12.6 Å². The Bertz CT molecular complexity index is 485. The fourth-order valence-electron chi connectivity index (χ4n) is 3.33. The first-order valence-corrected chi connectivity index (χ1v) is 8.87. The molecule has 28 heavy (non-hydrogen) atoms. The number of aliphatic hydroxyl groups excluding tert-OH is 3. The summed E-state index contributed by atoms with van der Waals surface area (Å²) in [5.41, 5.74) is 0.650. The normalized spacial score (nSPS) is 32.0. The van der Waals surface area contributed by atoms with Gasteiger partial charge in [-0.15, -0.1) is 0 Å². The van der Waals surface area contributed by atoms with Gasteiger partial charge in [-0.1, -0.05) is 11.6 Å². The zero-order valence-corrected chi connectivity index (χ0v) is 16.9. The molecule has 1 fully saturated rings. The number of methoxy groups -OCH3 is 4. The molecule has 1 saturated heterocycles. The molecule has 1 aliphatic heterocycles. The number of carbonyl (C=O) groups is 1. The molecule has 0 aromatic rings. The minimum absolute atomic E-state index is 0.320. The van der Waals surface area contributed by atoms with Gasteiger partial charge in [0.05, 0.1) is 19.3 Å². The molecule has 0 amide bonds. The first kappa shape index (κ1) is 25.1. The van der Waals surface area contributed by atoms with Crippen LogP contribution in [0, 0.1) is 5.92 Å². The molecule has 1 aliphatic rings. The molecule has 10 nitrogen and oxygen atoms in total. The van der Waals surface area contributed by atoms with E-state index in [1.807, 2.05) is 0 Å². The van der Waals surface area contributed by atoms with Crippen molar-refractivity contribution in [2.24, 2.45) is 5.92 Å². The SMILES string of the molecule is COC(C=O)OC(CO)C(/C=C(/C)C1C(O)C(OC)OC(CO)C1OC)OC. The van der Waals surface area contributed by atoms with Gasteiger partial charge in [-0.2, -0.15) is 0 Å². The van der Waals surface area contributed by atoms with Crippen molar-refractivity contribution in [3.8, 4) is 0 Å². The van der Waals surface area contributed by atoms with Crippen molar-refractivity contribution in [2.75, 3.05) is 41.7 Å². The summed E-state index contributed by atoms with van der Waals surface area (Å²) in [6.07, 6.45) is -4.03. The molecule has 0 aromatic carbocycles. The number of hydrogen-bond donors (Lipinski definition) is 3. The maximum Gasteiger partial charge on any atom is 0.214 e. The number of aldehydes is 1. The highest BCUT2D eigenvalue weighted by Crippen LogP contribution is 2.34. The lowest BCUT2D eigenvalue weighted by Crippen LogP contribution is -2.57. The number of hydrogen-bond acceptors (Lipinski definition) is 10. The van der Waals surface area contributed by atoms with Crippen molar-refractivity contribution in [1.29, 1.82) is 0 Å². The molecule has 8 atom stereocenters. The van der Waals surface area contributed by atoms with E-state index in [4.69, 9.17) is 28.4 Å². The maximum absolute atomic E-state index is 10.9. The third-order valence-electron chi connectivity index (χ3n) is 4.78. The standard InChI is InChI=1S/C18H32O10/c1-10(6-11(23-2)12(7-19)27-14(9-21)24-3)15-16(22)18(26-5)28-13(8-20)17(15)25-4/h6,9,11-20,22H,7-8H2,1-5H3/b10-6-. The first-order chi connectivity index (χ1) is 13.4. The van der Waals surface area contributed by atoms with E-state index in [9.17, 15) is 20.1 Å². The van der Waals surface area contributed by atoms with Crippen LogP contribution in [0.4, 0.5) is 0 Å². The van der Waals surface area contributed by atoms with E-state index in [0.717, 1.165) is 0 Å². The predicted molar refractivity (Wildman–Crippen MR) is 96.4 cm³/mol. The van der Waals surface area contributed by atoms with E-state index in [0.29, 0.717) is 11.9 Å². The highest BCUT2D eigenvalue weighted by Gasteiger charge is 2.46. The lowest BCUT2D eigenvalue weighted by atomic mass is 9.82. The second-order valence-electron chi connectivity index (χ2n) is 6.39. The van der Waals surface area contributed by atoms with Crippen LogP contribution < -0.4 is 0 Å². The molecule has 0 spiro atoms. The fraction of sp³-hybridized carbons (Fsp3) is 0.833. The summed E-state index contributed by atoms with van der Waals surface area (Å²) in [5.74, 6) is -0.581. The quantitative estimate of drug-likeness (QED) is 0.207. The zero-order valence-electron chi connectivity index (χ0n) is 16.9. The van der Waals surface area contributed by atoms with Gasteiger partial charge in [0.1, 0.15) is 24.4 Å². The minimum Gasteiger partial charge on any atom is -0.394 e. The molecule has 1 heterocycles. The van der Waals surface area contributed by atoms with E-state index in [1.54, 1.807) is 13.0 Å². The van der Waals surface area contributed by atoms with Gasteiger partial charge < -0.3 is 43.7 Å². The van der Waals surface area contributed by atoms with Gasteiger partial charge in [0, 0.05) is 34.4 Å². The van der Waals surface area contributed by atoms with E-state index in [-0.39, 0.29) is 6.61 Å². The Hall–Kier alpha value is -0.950. The monoisotopic (exact) mass is 408 g/mol. The second-order valence-corrected chi connectivity index (χ2v) is 6.39. The van der Waals surface area contributed by atoms with Crippen LogP contribution in [0.3, 0.4) is 0 Å². The lowest BCUT2D eigenvalue weighted by Gasteiger charge is -2.44. The summed E-state index contributed by atoms with van der Waals surface area (Å²) in [6.45, 7) is 1.00. The van der Waals surface area contributed by atoms with Crippen LogP contribution in [0.1, 0.15) is 6.92 Å². The van der Waals surface area contributed by atoms with Gasteiger partial charge in [0.25, 0.3) is 0 Å².